The summed E-state index contributed by atoms with van der Waals surface area (Å²) >= 11 is 0. The van der Waals surface area contributed by atoms with E-state index in [2.05, 4.69) is 24.9 Å². The molecule has 1 aromatic rings. The molecule has 1 aliphatic carbocycles. The van der Waals surface area contributed by atoms with E-state index in [0.717, 1.165) is 12.2 Å². The second kappa shape index (κ2) is 9.07. The van der Waals surface area contributed by atoms with Gasteiger partial charge in [-0.1, -0.05) is 39.0 Å². The fourth-order valence-electron chi connectivity index (χ4n) is 3.17. The normalized spacial score (nSPS) is 16.1. The van der Waals surface area contributed by atoms with Crippen LogP contribution in [0.15, 0.2) is 12.3 Å². The fourth-order valence-corrected chi connectivity index (χ4v) is 3.17. The Morgan fingerprint density at radius 3 is 2.57 bits per heavy atom. The minimum Gasteiger partial charge on any atom is -0.489 e. The molecule has 0 radical (unpaired) electrons. The number of aromatic nitrogens is 1. The molecule has 2 heteroatoms. The lowest BCUT2D eigenvalue weighted by atomic mass is 9.98. The first-order valence-electron chi connectivity index (χ1n) is 8.91. The summed E-state index contributed by atoms with van der Waals surface area (Å²) in [6, 6.07) is 2.18. The highest BCUT2D eigenvalue weighted by Crippen LogP contribution is 2.24. The van der Waals surface area contributed by atoms with Crippen LogP contribution in [0.3, 0.4) is 0 Å². The minimum absolute atomic E-state index is 0.417. The molecule has 1 aliphatic rings. The van der Waals surface area contributed by atoms with Crippen molar-refractivity contribution in [3.8, 4) is 5.75 Å². The van der Waals surface area contributed by atoms with Crippen LogP contribution < -0.4 is 4.74 Å². The fraction of sp³-hybridized carbons (Fsp3) is 0.737. The lowest BCUT2D eigenvalue weighted by molar-refractivity contribution is 0.154. The molecule has 0 N–H and O–H groups in total. The van der Waals surface area contributed by atoms with Gasteiger partial charge in [0.05, 0.1) is 12.3 Å². The number of ether oxygens (including phenoxy) is 1. The van der Waals surface area contributed by atoms with E-state index >= 15 is 0 Å². The zero-order chi connectivity index (χ0) is 14.9. The topological polar surface area (TPSA) is 22.1 Å². The van der Waals surface area contributed by atoms with Crippen molar-refractivity contribution in [1.29, 1.82) is 0 Å². The van der Waals surface area contributed by atoms with Gasteiger partial charge in [0.1, 0.15) is 5.75 Å². The summed E-state index contributed by atoms with van der Waals surface area (Å²) < 4.78 is 6.09. The molecule has 1 saturated carbocycles. The summed E-state index contributed by atoms with van der Waals surface area (Å²) in [4.78, 5) is 4.64. The molecule has 0 bridgehead atoms. The van der Waals surface area contributed by atoms with E-state index in [-0.39, 0.29) is 0 Å². The monoisotopic (exact) mass is 289 g/mol. The van der Waals surface area contributed by atoms with Gasteiger partial charge in [-0.2, -0.15) is 0 Å². The van der Waals surface area contributed by atoms with Crippen molar-refractivity contribution in [2.45, 2.75) is 90.6 Å². The van der Waals surface area contributed by atoms with Crippen LogP contribution in [0.25, 0.3) is 0 Å². The Morgan fingerprint density at radius 2 is 1.86 bits per heavy atom. The number of aryl methyl sites for hydroxylation is 2. The van der Waals surface area contributed by atoms with Crippen molar-refractivity contribution in [2.75, 3.05) is 0 Å². The number of hydrogen-bond donors (Lipinski definition) is 0. The summed E-state index contributed by atoms with van der Waals surface area (Å²) in [6.45, 7) is 4.43. The Balaban J connectivity index is 1.79. The van der Waals surface area contributed by atoms with Crippen LogP contribution in [0.2, 0.25) is 0 Å². The van der Waals surface area contributed by atoms with Crippen LogP contribution in [0.1, 0.15) is 82.4 Å². The van der Waals surface area contributed by atoms with Crippen molar-refractivity contribution in [1.82, 2.24) is 4.98 Å². The maximum Gasteiger partial charge on any atom is 0.138 e. The number of nitrogens with zero attached hydrogens (tertiary/aromatic N) is 1. The van der Waals surface area contributed by atoms with Crippen molar-refractivity contribution in [3.05, 3.63) is 23.5 Å². The summed E-state index contributed by atoms with van der Waals surface area (Å²) in [5, 5.41) is 0. The van der Waals surface area contributed by atoms with E-state index in [1.807, 2.05) is 6.20 Å². The van der Waals surface area contributed by atoms with Gasteiger partial charge in [-0.3, -0.25) is 4.98 Å². The van der Waals surface area contributed by atoms with E-state index in [0.29, 0.717) is 6.10 Å². The number of rotatable bonds is 8. The zero-order valence-corrected chi connectivity index (χ0v) is 13.9. The average Bonchev–Trinajstić information content (AvgIpc) is 2.50. The smallest absolute Gasteiger partial charge is 0.138 e. The van der Waals surface area contributed by atoms with Gasteiger partial charge in [0, 0.05) is 5.69 Å². The lowest BCUT2D eigenvalue weighted by Gasteiger charge is -2.23. The van der Waals surface area contributed by atoms with Gasteiger partial charge in [0.15, 0.2) is 0 Å². The van der Waals surface area contributed by atoms with Crippen LogP contribution in [-0.4, -0.2) is 11.1 Å². The Morgan fingerprint density at radius 1 is 1.10 bits per heavy atom. The maximum atomic E-state index is 6.09. The first kappa shape index (κ1) is 16.3. The summed E-state index contributed by atoms with van der Waals surface area (Å²) in [7, 11) is 0. The highest BCUT2D eigenvalue weighted by Gasteiger charge is 2.15. The molecule has 2 nitrogen and oxygen atoms in total. The second-order valence-electron chi connectivity index (χ2n) is 6.48. The van der Waals surface area contributed by atoms with Gasteiger partial charge in [-0.15, -0.1) is 0 Å². The molecule has 0 spiro atoms. The second-order valence-corrected chi connectivity index (χ2v) is 6.48. The van der Waals surface area contributed by atoms with Crippen LogP contribution >= 0.6 is 0 Å². The van der Waals surface area contributed by atoms with Gasteiger partial charge in [0.2, 0.25) is 0 Å². The minimum atomic E-state index is 0.417. The molecule has 0 aromatic carbocycles. The quantitative estimate of drug-likeness (QED) is 0.580. The molecular formula is C19H31NO. The summed E-state index contributed by atoms with van der Waals surface area (Å²) in [5.41, 5.74) is 2.54. The number of unbranched alkanes of at least 4 members (excludes halogenated alkanes) is 4. The molecular weight excluding hydrogens is 258 g/mol. The molecule has 1 aromatic heterocycles. The molecule has 118 valence electrons. The van der Waals surface area contributed by atoms with Crippen LogP contribution in [-0.2, 0) is 6.42 Å². The van der Waals surface area contributed by atoms with E-state index in [1.165, 1.54) is 75.5 Å². The Hall–Kier alpha value is -1.05. The Bertz CT molecular complexity index is 410. The highest BCUT2D eigenvalue weighted by molar-refractivity contribution is 5.28. The highest BCUT2D eigenvalue weighted by atomic mass is 16.5. The molecule has 1 heterocycles. The number of pyridine rings is 1. The van der Waals surface area contributed by atoms with E-state index in [1.54, 1.807) is 0 Å². The molecule has 0 aliphatic heterocycles. The largest absolute Gasteiger partial charge is 0.489 e. The standard InChI is InChI=1S/C19H31NO/c1-3-4-5-6-10-13-19-16(2)14-18(15-20-19)21-17-11-8-7-9-12-17/h14-15,17H,3-13H2,1-2H3. The third-order valence-corrected chi connectivity index (χ3v) is 4.53. The molecule has 0 atom stereocenters. The van der Waals surface area contributed by atoms with E-state index < -0.39 is 0 Å². The first-order chi connectivity index (χ1) is 10.3. The van der Waals surface area contributed by atoms with Gasteiger partial charge >= 0.3 is 0 Å². The zero-order valence-electron chi connectivity index (χ0n) is 13.9. The van der Waals surface area contributed by atoms with E-state index in [9.17, 15) is 0 Å². The molecule has 0 unspecified atom stereocenters. The maximum absolute atomic E-state index is 6.09. The predicted molar refractivity (Wildman–Crippen MR) is 88.9 cm³/mol. The number of hydrogen-bond acceptors (Lipinski definition) is 2. The first-order valence-corrected chi connectivity index (χ1v) is 8.91. The predicted octanol–water partition coefficient (Wildman–Crippen LogP) is 5.61. The van der Waals surface area contributed by atoms with Gasteiger partial charge in [-0.05, 0) is 57.1 Å². The SMILES string of the molecule is CCCCCCCc1ncc(OC2CCCCC2)cc1C. The summed E-state index contributed by atoms with van der Waals surface area (Å²) in [6.07, 6.45) is 16.5. The molecule has 2 rings (SSSR count). The Kier molecular flexibility index (Phi) is 7.05. The van der Waals surface area contributed by atoms with Gasteiger partial charge in [-0.25, -0.2) is 0 Å². The van der Waals surface area contributed by atoms with Crippen LogP contribution in [0.4, 0.5) is 0 Å². The van der Waals surface area contributed by atoms with Gasteiger partial charge in [0.25, 0.3) is 0 Å². The summed E-state index contributed by atoms with van der Waals surface area (Å²) in [5.74, 6) is 0.967. The third kappa shape index (κ3) is 5.68. The lowest BCUT2D eigenvalue weighted by Crippen LogP contribution is -2.19. The van der Waals surface area contributed by atoms with Crippen molar-refractivity contribution >= 4 is 0 Å². The molecule has 0 saturated heterocycles. The molecule has 0 amide bonds. The average molecular weight is 289 g/mol. The molecule has 1 fully saturated rings. The van der Waals surface area contributed by atoms with Gasteiger partial charge < -0.3 is 4.74 Å². The van der Waals surface area contributed by atoms with Crippen molar-refractivity contribution in [2.24, 2.45) is 0 Å². The molecule has 21 heavy (non-hydrogen) atoms. The third-order valence-electron chi connectivity index (χ3n) is 4.53. The Labute approximate surface area is 130 Å². The van der Waals surface area contributed by atoms with Crippen LogP contribution in [0.5, 0.6) is 5.75 Å². The van der Waals surface area contributed by atoms with Crippen molar-refractivity contribution in [3.63, 3.8) is 0 Å². The van der Waals surface area contributed by atoms with Crippen LogP contribution in [0, 0.1) is 6.92 Å². The van der Waals surface area contributed by atoms with Crippen molar-refractivity contribution < 1.29 is 4.74 Å². The van der Waals surface area contributed by atoms with E-state index in [4.69, 9.17) is 4.74 Å².